The number of alkyl halides is 3. The van der Waals surface area contributed by atoms with E-state index in [4.69, 9.17) is 0 Å². The largest absolute Gasteiger partial charge is 0.416 e. The zero-order valence-electron chi connectivity index (χ0n) is 12.9. The van der Waals surface area contributed by atoms with Gasteiger partial charge in [0.05, 0.1) is 21.5 Å². The lowest BCUT2D eigenvalue weighted by Crippen LogP contribution is -2.33. The number of aliphatic hydroxyl groups excluding tert-OH is 1. The summed E-state index contributed by atoms with van der Waals surface area (Å²) >= 11 is 0. The van der Waals surface area contributed by atoms with Crippen molar-refractivity contribution < 1.29 is 28.1 Å². The predicted octanol–water partition coefficient (Wildman–Crippen LogP) is 3.12. The van der Waals surface area contributed by atoms with Crippen LogP contribution in [0.15, 0.2) is 12.1 Å². The molecule has 1 rings (SSSR count). The lowest BCUT2D eigenvalue weighted by Gasteiger charge is -2.25. The molecule has 0 aliphatic carbocycles. The minimum atomic E-state index is -4.96. The molecule has 24 heavy (non-hydrogen) atoms. The molecular weight excluding hydrogens is 335 g/mol. The minimum Gasteiger partial charge on any atom is -0.392 e. The third kappa shape index (κ3) is 4.54. The van der Waals surface area contributed by atoms with E-state index < -0.39 is 44.8 Å². The number of nitro groups is 2. The Bertz CT molecular complexity index is 599. The van der Waals surface area contributed by atoms with E-state index in [0.29, 0.717) is 6.42 Å². The summed E-state index contributed by atoms with van der Waals surface area (Å²) < 4.78 is 38.6. The molecule has 1 N–H and O–H groups in total. The van der Waals surface area contributed by atoms with Crippen molar-refractivity contribution in [2.75, 3.05) is 18.0 Å². The molecule has 1 aromatic carbocycles. The molecule has 11 heteroatoms. The van der Waals surface area contributed by atoms with Gasteiger partial charge in [-0.3, -0.25) is 20.2 Å². The average Bonchev–Trinajstić information content (AvgIpc) is 2.43. The van der Waals surface area contributed by atoms with Gasteiger partial charge in [-0.2, -0.15) is 13.2 Å². The summed E-state index contributed by atoms with van der Waals surface area (Å²) in [6.45, 7) is 2.96. The first kappa shape index (κ1) is 19.6. The molecule has 0 amide bonds. The fourth-order valence-corrected chi connectivity index (χ4v) is 2.25. The second kappa shape index (κ2) is 7.43. The molecule has 0 heterocycles. The van der Waals surface area contributed by atoms with Crippen molar-refractivity contribution in [3.05, 3.63) is 37.9 Å². The van der Waals surface area contributed by atoms with Gasteiger partial charge in [0.25, 0.3) is 11.4 Å². The fraction of sp³-hybridized carbons (Fsp3) is 0.538. The highest BCUT2D eigenvalue weighted by atomic mass is 19.4. The number of hydrogen-bond donors (Lipinski definition) is 1. The Labute approximate surface area is 134 Å². The van der Waals surface area contributed by atoms with Crippen LogP contribution in [0.1, 0.15) is 25.8 Å². The van der Waals surface area contributed by atoms with Crippen molar-refractivity contribution >= 4 is 17.1 Å². The monoisotopic (exact) mass is 351 g/mol. The summed E-state index contributed by atoms with van der Waals surface area (Å²) in [5.41, 5.74) is -4.06. The van der Waals surface area contributed by atoms with Gasteiger partial charge in [-0.05, 0) is 13.3 Å². The zero-order valence-corrected chi connectivity index (χ0v) is 12.9. The van der Waals surface area contributed by atoms with Crippen molar-refractivity contribution in [3.63, 3.8) is 0 Å². The molecule has 0 spiro atoms. The molecule has 0 saturated heterocycles. The standard InChI is InChI=1S/C13H16F3N3O5/c1-3-4-17(7-8(2)20)12-10(18(21)22)5-9(13(14,15)16)6-11(12)19(23)24/h5-6,8,20H,3-4,7H2,1-2H3. The summed E-state index contributed by atoms with van der Waals surface area (Å²) in [7, 11) is 0. The number of nitrogens with zero attached hydrogens (tertiary/aromatic N) is 3. The highest BCUT2D eigenvalue weighted by molar-refractivity contribution is 5.76. The van der Waals surface area contributed by atoms with Crippen LogP contribution in [-0.4, -0.2) is 34.1 Å². The molecule has 134 valence electrons. The minimum absolute atomic E-state index is 0.0952. The van der Waals surface area contributed by atoms with E-state index in [1.807, 2.05) is 0 Å². The Hall–Kier alpha value is -2.43. The van der Waals surface area contributed by atoms with Gasteiger partial charge >= 0.3 is 6.18 Å². The first-order chi connectivity index (χ1) is 11.0. The van der Waals surface area contributed by atoms with E-state index in [0.717, 1.165) is 4.90 Å². The molecular formula is C13H16F3N3O5. The molecule has 0 fully saturated rings. The fourth-order valence-electron chi connectivity index (χ4n) is 2.25. The summed E-state index contributed by atoms with van der Waals surface area (Å²) in [6, 6.07) is 0.542. The van der Waals surface area contributed by atoms with Crippen molar-refractivity contribution in [1.82, 2.24) is 0 Å². The number of hydrogen-bond acceptors (Lipinski definition) is 6. The zero-order chi connectivity index (χ0) is 18.7. The summed E-state index contributed by atoms with van der Waals surface area (Å²) in [5, 5.41) is 31.9. The summed E-state index contributed by atoms with van der Waals surface area (Å²) in [5.74, 6) is 0. The van der Waals surface area contributed by atoms with Gasteiger partial charge in [0, 0.05) is 25.2 Å². The maximum Gasteiger partial charge on any atom is 0.416 e. The number of benzene rings is 1. The van der Waals surface area contributed by atoms with E-state index in [9.17, 15) is 38.5 Å². The van der Waals surface area contributed by atoms with E-state index in [-0.39, 0.29) is 25.2 Å². The molecule has 1 unspecified atom stereocenters. The number of anilines is 1. The normalized spacial score (nSPS) is 12.8. The van der Waals surface area contributed by atoms with Crippen LogP contribution in [-0.2, 0) is 6.18 Å². The smallest absolute Gasteiger partial charge is 0.392 e. The topological polar surface area (TPSA) is 110 Å². The van der Waals surface area contributed by atoms with E-state index in [2.05, 4.69) is 0 Å². The second-order valence-electron chi connectivity index (χ2n) is 5.17. The van der Waals surface area contributed by atoms with E-state index >= 15 is 0 Å². The van der Waals surface area contributed by atoms with E-state index in [1.54, 1.807) is 6.92 Å². The molecule has 8 nitrogen and oxygen atoms in total. The van der Waals surface area contributed by atoms with Crippen LogP contribution in [0.25, 0.3) is 0 Å². The molecule has 1 aromatic rings. The van der Waals surface area contributed by atoms with Gasteiger partial charge in [-0.15, -0.1) is 0 Å². The Morgan fingerprint density at radius 3 is 1.96 bits per heavy atom. The quantitative estimate of drug-likeness (QED) is 0.597. The third-order valence-corrected chi connectivity index (χ3v) is 3.08. The van der Waals surface area contributed by atoms with Crippen LogP contribution < -0.4 is 4.90 Å². The summed E-state index contributed by atoms with van der Waals surface area (Å²) in [4.78, 5) is 21.4. The van der Waals surface area contributed by atoms with Gasteiger partial charge in [-0.25, -0.2) is 0 Å². The number of nitro benzene ring substituents is 2. The third-order valence-electron chi connectivity index (χ3n) is 3.08. The lowest BCUT2D eigenvalue weighted by molar-refractivity contribution is -0.393. The van der Waals surface area contributed by atoms with Crippen LogP contribution in [0, 0.1) is 20.2 Å². The Morgan fingerprint density at radius 2 is 1.67 bits per heavy atom. The van der Waals surface area contributed by atoms with Crippen LogP contribution in [0.5, 0.6) is 0 Å². The van der Waals surface area contributed by atoms with Crippen LogP contribution in [0.4, 0.5) is 30.2 Å². The van der Waals surface area contributed by atoms with Crippen LogP contribution >= 0.6 is 0 Å². The highest BCUT2D eigenvalue weighted by Crippen LogP contribution is 2.43. The molecule has 1 atom stereocenters. The Morgan fingerprint density at radius 1 is 1.21 bits per heavy atom. The maximum atomic E-state index is 12.9. The Balaban J connectivity index is 3.71. The number of rotatable bonds is 7. The lowest BCUT2D eigenvalue weighted by atomic mass is 10.1. The SMILES string of the molecule is CCCN(CC(C)O)c1c([N+](=O)[O-])cc(C(F)(F)F)cc1[N+](=O)[O-]. The van der Waals surface area contributed by atoms with Crippen molar-refractivity contribution in [2.45, 2.75) is 32.5 Å². The molecule has 0 saturated carbocycles. The summed E-state index contributed by atoms with van der Waals surface area (Å²) in [6.07, 6.45) is -5.53. The molecule has 0 radical (unpaired) electrons. The van der Waals surface area contributed by atoms with E-state index in [1.165, 1.54) is 6.92 Å². The van der Waals surface area contributed by atoms with Crippen molar-refractivity contribution in [2.24, 2.45) is 0 Å². The Kier molecular flexibility index (Phi) is 6.07. The average molecular weight is 351 g/mol. The first-order valence-electron chi connectivity index (χ1n) is 6.96. The first-order valence-corrected chi connectivity index (χ1v) is 6.96. The maximum absolute atomic E-state index is 12.9. The molecule has 0 aliphatic heterocycles. The van der Waals surface area contributed by atoms with Crippen molar-refractivity contribution in [1.29, 1.82) is 0 Å². The van der Waals surface area contributed by atoms with Gasteiger partial charge in [0.1, 0.15) is 0 Å². The van der Waals surface area contributed by atoms with Crippen LogP contribution in [0.2, 0.25) is 0 Å². The molecule has 0 bridgehead atoms. The highest BCUT2D eigenvalue weighted by Gasteiger charge is 2.39. The predicted molar refractivity (Wildman–Crippen MR) is 78.9 cm³/mol. The molecule has 0 aromatic heterocycles. The molecule has 0 aliphatic rings. The van der Waals surface area contributed by atoms with Gasteiger partial charge in [0.2, 0.25) is 0 Å². The van der Waals surface area contributed by atoms with Crippen LogP contribution in [0.3, 0.4) is 0 Å². The van der Waals surface area contributed by atoms with Crippen molar-refractivity contribution in [3.8, 4) is 0 Å². The number of aliphatic hydroxyl groups is 1. The van der Waals surface area contributed by atoms with Gasteiger partial charge in [0.15, 0.2) is 5.69 Å². The number of halogens is 3. The van der Waals surface area contributed by atoms with Gasteiger partial charge < -0.3 is 10.0 Å². The van der Waals surface area contributed by atoms with Gasteiger partial charge in [-0.1, -0.05) is 6.92 Å². The second-order valence-corrected chi connectivity index (χ2v) is 5.17.